The number of rotatable bonds is 23. The van der Waals surface area contributed by atoms with Gasteiger partial charge in [-0.1, -0.05) is 194 Å². The highest BCUT2D eigenvalue weighted by molar-refractivity contribution is 5.97. The van der Waals surface area contributed by atoms with Gasteiger partial charge in [0.15, 0.2) is 11.4 Å². The van der Waals surface area contributed by atoms with Crippen molar-refractivity contribution in [3.63, 3.8) is 0 Å². The van der Waals surface area contributed by atoms with Gasteiger partial charge in [0.05, 0.1) is 6.04 Å². The summed E-state index contributed by atoms with van der Waals surface area (Å²) in [6.07, 6.45) is -3.25. The van der Waals surface area contributed by atoms with Gasteiger partial charge in [-0.2, -0.15) is 0 Å². The molecule has 1 heterocycles. The summed E-state index contributed by atoms with van der Waals surface area (Å²) in [5.74, 6) is -7.63. The Bertz CT molecular complexity index is 4460. The number of aliphatic carboxylic acids is 5. The maximum absolute atomic E-state index is 12.6. The number of Topliss-reactive ketones (excluding diaryl/α,β-unsaturated/α-hetero) is 1. The first-order valence-corrected chi connectivity index (χ1v) is 35.7. The van der Waals surface area contributed by atoms with E-state index in [0.717, 1.165) is 66.8 Å². The predicted molar refractivity (Wildman–Crippen MR) is 404 cm³/mol. The van der Waals surface area contributed by atoms with Crippen LogP contribution in [0.5, 0.6) is 0 Å². The molecule has 4 amide bonds. The minimum absolute atomic E-state index is 0.0231. The number of hydrogen-bond donors (Lipinski definition) is 10. The maximum Gasteiger partial charge on any atom is 0.407 e. The van der Waals surface area contributed by atoms with E-state index in [0.29, 0.717) is 6.61 Å². The van der Waals surface area contributed by atoms with Crippen LogP contribution < -0.4 is 27.4 Å². The van der Waals surface area contributed by atoms with Crippen LogP contribution in [0.25, 0.3) is 44.5 Å². The molecule has 1 unspecified atom stereocenters. The average molecular weight is 1520 g/mol. The normalized spacial score (nSPS) is 15.0. The molecule has 8 aromatic carbocycles. The van der Waals surface area contributed by atoms with Crippen LogP contribution in [0.4, 0.5) is 14.4 Å². The largest absolute Gasteiger partial charge is 0.481 e. The second-order valence-corrected chi connectivity index (χ2v) is 27.0. The number of ether oxygens (including phenoxy) is 5. The molecule has 1 fully saturated rings. The number of nitrogens with one attached hydrogen (secondary N) is 3. The second-order valence-electron chi connectivity index (χ2n) is 27.0. The fourth-order valence-corrected chi connectivity index (χ4v) is 13.8. The quantitative estimate of drug-likeness (QED) is 0.0210. The first-order chi connectivity index (χ1) is 53.1. The zero-order valence-corrected chi connectivity index (χ0v) is 60.9. The first-order valence-electron chi connectivity index (χ1n) is 35.7. The number of carbonyl (C=O) groups is 12. The van der Waals surface area contributed by atoms with Crippen molar-refractivity contribution >= 4 is 71.8 Å². The summed E-state index contributed by atoms with van der Waals surface area (Å²) in [7, 11) is 0. The molecule has 0 aromatic heterocycles. The van der Waals surface area contributed by atoms with Crippen LogP contribution in [0.3, 0.4) is 0 Å². The minimum atomic E-state index is -1.31. The lowest BCUT2D eigenvalue weighted by Gasteiger charge is -2.25. The van der Waals surface area contributed by atoms with Crippen molar-refractivity contribution < 1.29 is 107 Å². The van der Waals surface area contributed by atoms with Crippen LogP contribution in [-0.4, -0.2) is 153 Å². The molecule has 8 aromatic rings. The van der Waals surface area contributed by atoms with Crippen molar-refractivity contribution in [2.45, 2.75) is 126 Å². The van der Waals surface area contributed by atoms with Crippen LogP contribution >= 0.6 is 0 Å². The van der Waals surface area contributed by atoms with E-state index in [2.05, 4.69) is 52.3 Å². The van der Waals surface area contributed by atoms with Crippen molar-refractivity contribution in [3.05, 3.63) is 239 Å². The third-order valence-electron chi connectivity index (χ3n) is 19.2. The van der Waals surface area contributed by atoms with E-state index in [4.69, 9.17) is 60.7 Å². The van der Waals surface area contributed by atoms with E-state index < -0.39 is 89.8 Å². The number of alkyl carbamates (subject to hydrolysis) is 3. The summed E-state index contributed by atoms with van der Waals surface area (Å²) < 4.78 is 26.4. The van der Waals surface area contributed by atoms with E-state index >= 15 is 0 Å². The third kappa shape index (κ3) is 21.4. The summed E-state index contributed by atoms with van der Waals surface area (Å²) >= 11 is 0. The number of carboxylic acid groups (broad SMARTS) is 5. The fraction of sp³-hybridized carbons (Fsp3) is 0.286. The molecular formula is C84H85N5O22. The van der Waals surface area contributed by atoms with Gasteiger partial charge in [-0.15, -0.1) is 0 Å². The molecule has 27 heteroatoms. The molecule has 0 saturated carbocycles. The van der Waals surface area contributed by atoms with E-state index in [9.17, 15) is 57.5 Å². The molecule has 5 aliphatic rings. The van der Waals surface area contributed by atoms with Crippen molar-refractivity contribution in [1.29, 1.82) is 0 Å². The number of amides is 4. The number of primary amides is 1. The molecule has 578 valence electrons. The van der Waals surface area contributed by atoms with E-state index in [1.54, 1.807) is 0 Å². The Balaban J connectivity index is 0.000000165. The molecular weight excluding hydrogens is 1430 g/mol. The van der Waals surface area contributed by atoms with Gasteiger partial charge in [-0.25, -0.2) is 19.2 Å². The first kappa shape index (κ1) is 82.0. The van der Waals surface area contributed by atoms with Crippen LogP contribution in [-0.2, 0) is 66.8 Å². The Morgan fingerprint density at radius 3 is 0.991 bits per heavy atom. The lowest BCUT2D eigenvalue weighted by Crippen LogP contribution is -2.49. The zero-order valence-electron chi connectivity index (χ0n) is 60.9. The molecule has 4 atom stereocenters. The topological polar surface area (TPSA) is 440 Å². The van der Waals surface area contributed by atoms with Crippen molar-refractivity contribution in [3.8, 4) is 44.5 Å². The number of hydrogen-bond acceptors (Lipinski definition) is 18. The highest BCUT2D eigenvalue weighted by atomic mass is 16.6. The Morgan fingerprint density at radius 1 is 0.423 bits per heavy atom. The zero-order chi connectivity index (χ0) is 80.1. The summed E-state index contributed by atoms with van der Waals surface area (Å²) in [5.41, 5.74) is 27.1. The smallest absolute Gasteiger partial charge is 0.407 e. The maximum atomic E-state index is 12.6. The number of carbonyl (C=O) groups excluding carboxylic acids is 7. The number of cyclic esters (lactones) is 1. The van der Waals surface area contributed by atoms with Gasteiger partial charge in [0, 0.05) is 56.3 Å². The Hall–Kier alpha value is -13.0. The third-order valence-corrected chi connectivity index (χ3v) is 19.2. The number of benzene rings is 8. The van der Waals surface area contributed by atoms with Gasteiger partial charge in [0.2, 0.25) is 5.91 Å². The molecule has 111 heavy (non-hydrogen) atoms. The van der Waals surface area contributed by atoms with Crippen molar-refractivity contribution in [2.24, 2.45) is 11.5 Å². The van der Waals surface area contributed by atoms with E-state index in [1.807, 2.05) is 158 Å². The van der Waals surface area contributed by atoms with E-state index in [1.165, 1.54) is 43.0 Å². The summed E-state index contributed by atoms with van der Waals surface area (Å²) in [6, 6.07) is 60.1. The van der Waals surface area contributed by atoms with Gasteiger partial charge in [0.1, 0.15) is 44.6 Å². The highest BCUT2D eigenvalue weighted by Gasteiger charge is 2.42. The van der Waals surface area contributed by atoms with Crippen LogP contribution in [0.2, 0.25) is 0 Å². The number of ketones is 1. The van der Waals surface area contributed by atoms with Crippen molar-refractivity contribution in [2.75, 3.05) is 26.4 Å². The molecule has 27 nitrogen and oxygen atoms in total. The molecule has 0 spiro atoms. The molecule has 1 saturated heterocycles. The highest BCUT2D eigenvalue weighted by Crippen LogP contribution is 2.48. The van der Waals surface area contributed by atoms with Gasteiger partial charge < -0.3 is 76.6 Å². The van der Waals surface area contributed by atoms with Gasteiger partial charge in [-0.3, -0.25) is 38.4 Å². The van der Waals surface area contributed by atoms with E-state index in [-0.39, 0.29) is 107 Å². The Morgan fingerprint density at radius 2 is 0.703 bits per heavy atom. The number of fused-ring (bicyclic) bond motifs is 12. The number of carboxylic acids is 5. The number of esters is 2. The Labute approximate surface area is 638 Å². The Kier molecular flexibility index (Phi) is 28.2. The molecule has 4 aliphatic carbocycles. The molecule has 0 bridgehead atoms. The summed E-state index contributed by atoms with van der Waals surface area (Å²) in [5, 5.41) is 50.0. The second kappa shape index (κ2) is 38.2. The fourth-order valence-electron chi connectivity index (χ4n) is 13.8. The lowest BCUT2D eigenvalue weighted by molar-refractivity contribution is -0.161. The van der Waals surface area contributed by atoms with Gasteiger partial charge in [-0.05, 0) is 129 Å². The molecule has 12 N–H and O–H groups in total. The molecule has 1 aliphatic heterocycles. The van der Waals surface area contributed by atoms with Crippen LogP contribution in [0.1, 0.15) is 140 Å². The van der Waals surface area contributed by atoms with Gasteiger partial charge >= 0.3 is 60.1 Å². The van der Waals surface area contributed by atoms with Crippen LogP contribution in [0.15, 0.2) is 194 Å². The number of nitrogens with two attached hydrogens (primary N) is 2. The lowest BCUT2D eigenvalue weighted by atomic mass is 9.95. The minimum Gasteiger partial charge on any atom is -0.481 e. The standard InChI is InChI=1S/C23H23NO5.C20H20N2O5.C20H19NO6.C16H14O2.C5H9NO4/c1-23(2)21(26)19(11-12-20(25)29-23)24-22(27)28-13-18-16-9-5-3-7-14(16)15-8-4-6-10-17(15)18;21-19(25)17(9-10-18(23)24)22-20(26)27-11-16-14-7-3-1-5-12(14)13-6-2-4-8-15(13)16;22-18(23)10-9-17(19(24)25)21-20(26)27-11-16-14-7-3-1-5-12(14)13-6-2-4-8-15(13)16;1-11(17)18-10-16-14-8-4-2-6-12(14)13-7-3-5-9-15(13)16;6-3(5(9)10)1-2-4(7)8/h3-10,18-19H,11-13H2,1-2H3,(H,24,27);1-8,16-17H,9-11H2,(H2,21,25)(H,22,26)(H,23,24);1-8,16-17H,9-11H2,(H,21,26)(H,22,23)(H,24,25);2-9,16H,10H2,1H3;3H,1-2,6H2,(H,7,8)(H,9,10)/t;2*17-;;3-/m.11.1/s1. The summed E-state index contributed by atoms with van der Waals surface area (Å²) in [4.78, 5) is 136. The summed E-state index contributed by atoms with van der Waals surface area (Å²) in [6.45, 7) is 5.26. The molecule has 13 rings (SSSR count). The van der Waals surface area contributed by atoms with Gasteiger partial charge in [0.25, 0.3) is 0 Å². The van der Waals surface area contributed by atoms with Crippen LogP contribution in [0, 0.1) is 0 Å². The average Bonchev–Trinajstić information content (AvgIpc) is 1.65. The monoisotopic (exact) mass is 1520 g/mol. The van der Waals surface area contributed by atoms with Crippen molar-refractivity contribution in [1.82, 2.24) is 16.0 Å². The predicted octanol–water partition coefficient (Wildman–Crippen LogP) is 11.3. The SMILES string of the molecule is CC(=O)OCC1c2ccccc2-c2ccccc21.CC1(C)OC(=O)CCC(NC(=O)OCC2c3ccccc3-c3ccccc32)C1=O.NC(=O)[C@@H](CCC(=O)O)NC(=O)OCC1c2ccccc2-c2ccccc21.N[C@H](CCC(=O)O)C(=O)O.O=C(O)CC[C@@H](NC(=O)OCC1c2ccccc2-c2ccccc21)C(=O)O. The molecule has 0 radical (unpaired) electrons.